The molecule has 3 aromatic heterocycles. The predicted octanol–water partition coefficient (Wildman–Crippen LogP) is 4.94. The van der Waals surface area contributed by atoms with Crippen LogP contribution in [0.5, 0.6) is 0 Å². The van der Waals surface area contributed by atoms with E-state index in [1.165, 1.54) is 6.20 Å². The van der Waals surface area contributed by atoms with Crippen LogP contribution in [0.2, 0.25) is 5.02 Å². The maximum Gasteiger partial charge on any atom is 0.264 e. The van der Waals surface area contributed by atoms with Crippen molar-refractivity contribution in [3.8, 4) is 5.69 Å². The molecule has 0 spiro atoms. The minimum absolute atomic E-state index is 0.0591. The number of fused-ring (bicyclic) bond motifs is 2. The number of halogens is 1. The molecule has 0 radical (unpaired) electrons. The Morgan fingerprint density at radius 1 is 1.00 bits per heavy atom. The summed E-state index contributed by atoms with van der Waals surface area (Å²) in [7, 11) is 0. The molecule has 0 aliphatic rings. The van der Waals surface area contributed by atoms with E-state index in [1.54, 1.807) is 29.1 Å². The van der Waals surface area contributed by atoms with Gasteiger partial charge in [-0.15, -0.1) is 0 Å². The third-order valence-corrected chi connectivity index (χ3v) is 5.54. The second-order valence-corrected chi connectivity index (χ2v) is 7.70. The Morgan fingerprint density at radius 2 is 1.76 bits per heavy atom. The third-order valence-electron chi connectivity index (χ3n) is 5.23. The third kappa shape index (κ3) is 4.47. The average molecular weight is 457 g/mol. The summed E-state index contributed by atoms with van der Waals surface area (Å²) in [6.07, 6.45) is 5.48. The number of pyridine rings is 3. The molecule has 5 rings (SSSR count). The molecule has 0 unspecified atom stereocenters. The highest BCUT2D eigenvalue weighted by molar-refractivity contribution is 6.35. The van der Waals surface area contributed by atoms with E-state index in [4.69, 9.17) is 17.3 Å². The van der Waals surface area contributed by atoms with Crippen LogP contribution in [0, 0.1) is 0 Å². The van der Waals surface area contributed by atoms with Gasteiger partial charge in [-0.3, -0.25) is 24.1 Å². The highest BCUT2D eigenvalue weighted by Gasteiger charge is 2.12. The van der Waals surface area contributed by atoms with Crippen LogP contribution < -0.4 is 11.3 Å². The Kier molecular flexibility index (Phi) is 6.47. The maximum absolute atomic E-state index is 12.8. The van der Waals surface area contributed by atoms with Crippen LogP contribution in [0.25, 0.3) is 27.4 Å². The number of benzene rings is 2. The molecule has 0 bridgehead atoms. The first-order chi connectivity index (χ1) is 16.0. The summed E-state index contributed by atoms with van der Waals surface area (Å²) in [4.78, 5) is 31.7. The molecule has 0 aliphatic heterocycles. The number of hydrogen-bond acceptors (Lipinski definition) is 4. The van der Waals surface area contributed by atoms with Gasteiger partial charge in [0.25, 0.3) is 11.5 Å². The second kappa shape index (κ2) is 9.63. The van der Waals surface area contributed by atoms with Crippen LogP contribution >= 0.6 is 11.6 Å². The quantitative estimate of drug-likeness (QED) is 0.416. The fourth-order valence-electron chi connectivity index (χ4n) is 3.67. The summed E-state index contributed by atoms with van der Waals surface area (Å²) >= 11 is 6.20. The Labute approximate surface area is 195 Å². The van der Waals surface area contributed by atoms with E-state index in [0.29, 0.717) is 21.5 Å². The van der Waals surface area contributed by atoms with Crippen molar-refractivity contribution >= 4 is 39.2 Å². The molecule has 7 heteroatoms. The standard InChI is InChI=1S/C17H14ClNO.C9H7N3O/c1-2-13-11-12-7-6-10-15(18)16(12)17(20)19(13)14-8-4-3-5-9-14;10-9(13)7-5-11-4-6-2-1-3-12-8(6)7/h3-11H,2H2,1H3;1-5H,(H2,10,13). The summed E-state index contributed by atoms with van der Waals surface area (Å²) in [6, 6.07) is 20.9. The summed E-state index contributed by atoms with van der Waals surface area (Å²) in [5.74, 6) is -0.503. The molecule has 6 nitrogen and oxygen atoms in total. The lowest BCUT2D eigenvalue weighted by molar-refractivity contribution is 0.100. The second-order valence-electron chi connectivity index (χ2n) is 7.30. The molecule has 1 amide bonds. The molecule has 0 atom stereocenters. The lowest BCUT2D eigenvalue weighted by Crippen LogP contribution is -2.22. The van der Waals surface area contributed by atoms with Gasteiger partial charge in [0.1, 0.15) is 0 Å². The number of hydrogen-bond donors (Lipinski definition) is 1. The minimum Gasteiger partial charge on any atom is -0.365 e. The molecule has 164 valence electrons. The molecule has 33 heavy (non-hydrogen) atoms. The minimum atomic E-state index is -0.503. The first-order valence-electron chi connectivity index (χ1n) is 10.4. The molecule has 0 saturated heterocycles. The zero-order valence-corrected chi connectivity index (χ0v) is 18.7. The van der Waals surface area contributed by atoms with Crippen LogP contribution in [0.3, 0.4) is 0 Å². The Bertz CT molecular complexity index is 1510. The molecular weight excluding hydrogens is 436 g/mol. The lowest BCUT2D eigenvalue weighted by Gasteiger charge is -2.14. The number of aromatic nitrogens is 3. The smallest absolute Gasteiger partial charge is 0.264 e. The van der Waals surface area contributed by atoms with Gasteiger partial charge in [0.15, 0.2) is 0 Å². The lowest BCUT2D eigenvalue weighted by atomic mass is 10.1. The van der Waals surface area contributed by atoms with Crippen LogP contribution in [0.4, 0.5) is 0 Å². The number of nitrogens with zero attached hydrogens (tertiary/aromatic N) is 3. The Balaban J connectivity index is 0.000000172. The van der Waals surface area contributed by atoms with E-state index in [-0.39, 0.29) is 5.56 Å². The maximum atomic E-state index is 12.8. The van der Waals surface area contributed by atoms with Gasteiger partial charge >= 0.3 is 0 Å². The van der Waals surface area contributed by atoms with E-state index in [2.05, 4.69) is 9.97 Å². The van der Waals surface area contributed by atoms with E-state index in [1.807, 2.05) is 61.5 Å². The number of para-hydroxylation sites is 1. The zero-order valence-electron chi connectivity index (χ0n) is 17.9. The summed E-state index contributed by atoms with van der Waals surface area (Å²) in [5.41, 5.74) is 7.92. The average Bonchev–Trinajstić information content (AvgIpc) is 2.84. The predicted molar refractivity (Wildman–Crippen MR) is 132 cm³/mol. The summed E-state index contributed by atoms with van der Waals surface area (Å²) in [6.45, 7) is 2.05. The SMILES string of the molecule is CCc1cc2cccc(Cl)c2c(=O)n1-c1ccccc1.NC(=O)c1cncc2cccnc12. The van der Waals surface area contributed by atoms with Gasteiger partial charge in [-0.2, -0.15) is 0 Å². The normalized spacial score (nSPS) is 10.6. The Morgan fingerprint density at radius 3 is 2.48 bits per heavy atom. The molecule has 0 fully saturated rings. The van der Waals surface area contributed by atoms with Crippen molar-refractivity contribution in [3.63, 3.8) is 0 Å². The topological polar surface area (TPSA) is 90.9 Å². The van der Waals surface area contributed by atoms with Gasteiger partial charge in [0.2, 0.25) is 0 Å². The molecule has 0 saturated carbocycles. The number of carbonyl (C=O) groups is 1. The van der Waals surface area contributed by atoms with Crippen molar-refractivity contribution in [3.05, 3.63) is 112 Å². The van der Waals surface area contributed by atoms with Crippen molar-refractivity contribution in [1.82, 2.24) is 14.5 Å². The number of nitrogens with two attached hydrogens (primary N) is 1. The highest BCUT2D eigenvalue weighted by Crippen LogP contribution is 2.22. The van der Waals surface area contributed by atoms with Gasteiger partial charge in [0, 0.05) is 35.4 Å². The number of rotatable bonds is 3. The van der Waals surface area contributed by atoms with E-state index < -0.39 is 5.91 Å². The number of aryl methyl sites for hydroxylation is 1. The molecule has 5 aromatic rings. The van der Waals surface area contributed by atoms with Gasteiger partial charge in [0.05, 0.1) is 21.5 Å². The van der Waals surface area contributed by atoms with Gasteiger partial charge in [-0.1, -0.05) is 48.9 Å². The summed E-state index contributed by atoms with van der Waals surface area (Å²) in [5, 5.41) is 2.79. The fourth-order valence-corrected chi connectivity index (χ4v) is 3.94. The number of carbonyl (C=O) groups excluding carboxylic acids is 1. The van der Waals surface area contributed by atoms with Crippen molar-refractivity contribution < 1.29 is 4.79 Å². The largest absolute Gasteiger partial charge is 0.365 e. The molecule has 0 aliphatic carbocycles. The number of primary amides is 1. The Hall–Kier alpha value is -4.03. The van der Waals surface area contributed by atoms with E-state index >= 15 is 0 Å². The first kappa shape index (κ1) is 22.2. The number of amides is 1. The van der Waals surface area contributed by atoms with Gasteiger partial charge < -0.3 is 5.73 Å². The van der Waals surface area contributed by atoms with Crippen molar-refractivity contribution in [2.75, 3.05) is 0 Å². The van der Waals surface area contributed by atoms with Crippen molar-refractivity contribution in [2.45, 2.75) is 13.3 Å². The van der Waals surface area contributed by atoms with Gasteiger partial charge in [-0.25, -0.2) is 0 Å². The fraction of sp³-hybridized carbons (Fsp3) is 0.0769. The van der Waals surface area contributed by atoms with Crippen molar-refractivity contribution in [1.29, 1.82) is 0 Å². The van der Waals surface area contributed by atoms with Crippen LogP contribution in [-0.2, 0) is 6.42 Å². The van der Waals surface area contributed by atoms with E-state index in [9.17, 15) is 9.59 Å². The monoisotopic (exact) mass is 456 g/mol. The van der Waals surface area contributed by atoms with Crippen LogP contribution in [0.15, 0.2) is 90.1 Å². The van der Waals surface area contributed by atoms with Gasteiger partial charge in [-0.05, 0) is 48.2 Å². The highest BCUT2D eigenvalue weighted by atomic mass is 35.5. The van der Waals surface area contributed by atoms with Crippen LogP contribution in [-0.4, -0.2) is 20.4 Å². The summed E-state index contributed by atoms with van der Waals surface area (Å²) < 4.78 is 1.74. The van der Waals surface area contributed by atoms with Crippen LogP contribution in [0.1, 0.15) is 23.0 Å². The van der Waals surface area contributed by atoms with Crippen molar-refractivity contribution in [2.24, 2.45) is 5.73 Å². The molecular formula is C26H21ClN4O2. The molecule has 3 heterocycles. The van der Waals surface area contributed by atoms with E-state index in [0.717, 1.165) is 28.6 Å². The first-order valence-corrected chi connectivity index (χ1v) is 10.8. The zero-order chi connectivity index (χ0) is 23.4. The molecule has 2 aromatic carbocycles. The molecule has 2 N–H and O–H groups in total.